The quantitative estimate of drug-likeness (QED) is 0.309. The third kappa shape index (κ3) is 4.42. The van der Waals surface area contributed by atoms with Gasteiger partial charge in [-0.3, -0.25) is 9.55 Å². The van der Waals surface area contributed by atoms with Gasteiger partial charge < -0.3 is 4.42 Å². The highest BCUT2D eigenvalue weighted by atomic mass is 32.2. The molecule has 0 unspecified atom stereocenters. The van der Waals surface area contributed by atoms with Crippen molar-refractivity contribution in [3.63, 3.8) is 0 Å². The lowest BCUT2D eigenvalue weighted by Gasteiger charge is -2.11. The number of hydrogen-bond acceptors (Lipinski definition) is 7. The van der Waals surface area contributed by atoms with Crippen LogP contribution in [0.15, 0.2) is 76.6 Å². The lowest BCUT2D eigenvalue weighted by Crippen LogP contribution is -2.01. The largest absolute Gasteiger partial charge is 0.420 e. The van der Waals surface area contributed by atoms with Crippen LogP contribution >= 0.6 is 11.8 Å². The maximum Gasteiger partial charge on any atom is 0.247 e. The Labute approximate surface area is 195 Å². The summed E-state index contributed by atoms with van der Waals surface area (Å²) in [6.45, 7) is 6.25. The van der Waals surface area contributed by atoms with Gasteiger partial charge in [-0.1, -0.05) is 35.5 Å². The fourth-order valence-electron chi connectivity index (χ4n) is 3.40. The number of pyridine rings is 1. The molecule has 7 nitrogen and oxygen atoms in total. The molecule has 164 valence electrons. The molecule has 0 aliphatic carbocycles. The third-order valence-corrected chi connectivity index (χ3v) is 6.32. The second-order valence-electron chi connectivity index (χ2n) is 7.80. The zero-order valence-electron chi connectivity index (χ0n) is 18.6. The van der Waals surface area contributed by atoms with Gasteiger partial charge in [0.05, 0.1) is 11.4 Å². The molecule has 0 bridgehead atoms. The molecule has 0 aliphatic rings. The molecular weight excluding hydrogens is 432 g/mol. The summed E-state index contributed by atoms with van der Waals surface area (Å²) in [5.41, 5.74) is 6.48. The summed E-state index contributed by atoms with van der Waals surface area (Å²) in [6.07, 6.45) is 3.51. The summed E-state index contributed by atoms with van der Waals surface area (Å²) in [6, 6.07) is 18.2. The van der Waals surface area contributed by atoms with Crippen molar-refractivity contribution >= 4 is 11.8 Å². The van der Waals surface area contributed by atoms with Crippen molar-refractivity contribution in [2.75, 3.05) is 0 Å². The summed E-state index contributed by atoms with van der Waals surface area (Å²) >= 11 is 1.51. The van der Waals surface area contributed by atoms with Gasteiger partial charge in [-0.25, -0.2) is 0 Å². The normalized spacial score (nSPS) is 11.1. The fourth-order valence-corrected chi connectivity index (χ4v) is 4.19. The zero-order chi connectivity index (χ0) is 22.8. The van der Waals surface area contributed by atoms with Crippen molar-refractivity contribution in [1.29, 1.82) is 0 Å². The Balaban J connectivity index is 1.45. The van der Waals surface area contributed by atoms with E-state index < -0.39 is 0 Å². The van der Waals surface area contributed by atoms with Gasteiger partial charge in [0.2, 0.25) is 11.8 Å². The molecule has 5 aromatic rings. The molecule has 0 saturated heterocycles. The second-order valence-corrected chi connectivity index (χ2v) is 8.74. The first-order valence-electron chi connectivity index (χ1n) is 10.5. The second kappa shape index (κ2) is 8.99. The van der Waals surface area contributed by atoms with E-state index in [0.29, 0.717) is 17.5 Å². The van der Waals surface area contributed by atoms with Crippen LogP contribution in [-0.4, -0.2) is 29.9 Å². The number of aromatic nitrogens is 6. The standard InChI is InChI=1S/C25H22N6OS/c1-16-4-7-20(8-5-16)24-29-27-22(32-24)15-33-25-30-28-23(19-10-12-26-13-11-19)31(25)21-9-6-17(2)18(3)14-21/h4-14H,15H2,1-3H3. The van der Waals surface area contributed by atoms with Crippen molar-refractivity contribution in [3.8, 4) is 28.5 Å². The Bertz CT molecular complexity index is 1390. The minimum Gasteiger partial charge on any atom is -0.420 e. The van der Waals surface area contributed by atoms with E-state index in [1.807, 2.05) is 43.3 Å². The van der Waals surface area contributed by atoms with E-state index in [1.165, 1.54) is 28.5 Å². The minimum atomic E-state index is 0.484. The van der Waals surface area contributed by atoms with Gasteiger partial charge in [-0.05, 0) is 68.3 Å². The SMILES string of the molecule is Cc1ccc(-c2nnc(CSc3nnc(-c4ccncc4)n3-c3ccc(C)c(C)c3)o2)cc1. The highest BCUT2D eigenvalue weighted by Gasteiger charge is 2.18. The predicted octanol–water partition coefficient (Wildman–Crippen LogP) is 5.60. The first-order valence-corrected chi connectivity index (χ1v) is 11.5. The van der Waals surface area contributed by atoms with E-state index in [0.717, 1.165) is 27.8 Å². The monoisotopic (exact) mass is 454 g/mol. The Kier molecular flexibility index (Phi) is 5.75. The first-order chi connectivity index (χ1) is 16.1. The summed E-state index contributed by atoms with van der Waals surface area (Å²) in [5.74, 6) is 2.29. The lowest BCUT2D eigenvalue weighted by atomic mass is 10.1. The summed E-state index contributed by atoms with van der Waals surface area (Å²) in [7, 11) is 0. The van der Waals surface area contributed by atoms with E-state index in [2.05, 4.69) is 62.0 Å². The Morgan fingerprint density at radius 3 is 2.33 bits per heavy atom. The predicted molar refractivity (Wildman–Crippen MR) is 128 cm³/mol. The lowest BCUT2D eigenvalue weighted by molar-refractivity contribution is 0.528. The maximum absolute atomic E-state index is 5.89. The number of rotatable bonds is 6. The molecular formula is C25H22N6OS. The number of nitrogens with zero attached hydrogens (tertiary/aromatic N) is 6. The highest BCUT2D eigenvalue weighted by Crippen LogP contribution is 2.30. The molecule has 0 fully saturated rings. The molecule has 3 heterocycles. The molecule has 0 spiro atoms. The fraction of sp³-hybridized carbons (Fsp3) is 0.160. The third-order valence-electron chi connectivity index (χ3n) is 5.41. The maximum atomic E-state index is 5.89. The smallest absolute Gasteiger partial charge is 0.247 e. The van der Waals surface area contributed by atoms with Gasteiger partial charge in [-0.15, -0.1) is 20.4 Å². The van der Waals surface area contributed by atoms with Gasteiger partial charge in [0.15, 0.2) is 11.0 Å². The van der Waals surface area contributed by atoms with Crippen molar-refractivity contribution in [3.05, 3.63) is 89.6 Å². The highest BCUT2D eigenvalue weighted by molar-refractivity contribution is 7.98. The van der Waals surface area contributed by atoms with E-state index in [-0.39, 0.29) is 0 Å². The minimum absolute atomic E-state index is 0.484. The molecule has 0 atom stereocenters. The average Bonchev–Trinajstić information content (AvgIpc) is 3.48. The number of aryl methyl sites for hydroxylation is 3. The Morgan fingerprint density at radius 2 is 1.58 bits per heavy atom. The van der Waals surface area contributed by atoms with E-state index in [4.69, 9.17) is 4.42 Å². The zero-order valence-corrected chi connectivity index (χ0v) is 19.4. The van der Waals surface area contributed by atoms with Crippen molar-refractivity contribution in [2.24, 2.45) is 0 Å². The number of thioether (sulfide) groups is 1. The molecule has 8 heteroatoms. The van der Waals surface area contributed by atoms with Gasteiger partial charge in [0, 0.05) is 23.5 Å². The molecule has 0 amide bonds. The molecule has 0 N–H and O–H groups in total. The Hall–Kier alpha value is -3.78. The van der Waals surface area contributed by atoms with Gasteiger partial charge >= 0.3 is 0 Å². The summed E-state index contributed by atoms with van der Waals surface area (Å²) < 4.78 is 7.95. The van der Waals surface area contributed by atoms with Crippen LogP contribution in [0, 0.1) is 20.8 Å². The number of benzene rings is 2. The molecule has 3 aromatic heterocycles. The van der Waals surface area contributed by atoms with Gasteiger partial charge in [0.25, 0.3) is 0 Å². The molecule has 33 heavy (non-hydrogen) atoms. The van der Waals surface area contributed by atoms with Crippen LogP contribution in [0.3, 0.4) is 0 Å². The van der Waals surface area contributed by atoms with Crippen LogP contribution in [-0.2, 0) is 5.75 Å². The Morgan fingerprint density at radius 1 is 0.788 bits per heavy atom. The van der Waals surface area contributed by atoms with Crippen molar-refractivity contribution in [1.82, 2.24) is 29.9 Å². The van der Waals surface area contributed by atoms with Crippen LogP contribution in [0.2, 0.25) is 0 Å². The van der Waals surface area contributed by atoms with Crippen molar-refractivity contribution < 1.29 is 4.42 Å². The summed E-state index contributed by atoms with van der Waals surface area (Å²) in [5, 5.41) is 18.1. The van der Waals surface area contributed by atoms with E-state index in [9.17, 15) is 0 Å². The molecule has 5 rings (SSSR count). The molecule has 0 radical (unpaired) electrons. The van der Waals surface area contributed by atoms with Crippen LogP contribution < -0.4 is 0 Å². The van der Waals surface area contributed by atoms with Crippen LogP contribution in [0.1, 0.15) is 22.6 Å². The first kappa shape index (κ1) is 21.1. The topological polar surface area (TPSA) is 82.5 Å². The van der Waals surface area contributed by atoms with Gasteiger partial charge in [-0.2, -0.15) is 0 Å². The van der Waals surface area contributed by atoms with Crippen molar-refractivity contribution in [2.45, 2.75) is 31.7 Å². The van der Waals surface area contributed by atoms with Crippen LogP contribution in [0.4, 0.5) is 0 Å². The summed E-state index contributed by atoms with van der Waals surface area (Å²) in [4.78, 5) is 4.12. The molecule has 2 aromatic carbocycles. The van der Waals surface area contributed by atoms with Crippen LogP contribution in [0.25, 0.3) is 28.5 Å². The van der Waals surface area contributed by atoms with Gasteiger partial charge in [0.1, 0.15) is 0 Å². The van der Waals surface area contributed by atoms with Crippen LogP contribution in [0.5, 0.6) is 0 Å². The van der Waals surface area contributed by atoms with E-state index in [1.54, 1.807) is 12.4 Å². The molecule has 0 saturated carbocycles. The number of hydrogen-bond donors (Lipinski definition) is 0. The average molecular weight is 455 g/mol. The molecule has 0 aliphatic heterocycles. The van der Waals surface area contributed by atoms with E-state index >= 15 is 0 Å².